The lowest BCUT2D eigenvalue weighted by Crippen LogP contribution is -2.56. The fraction of sp³-hybridized carbons (Fsp3) is 0.471. The second kappa shape index (κ2) is 15.1. The molecule has 2 unspecified atom stereocenters. The fourth-order valence-corrected chi connectivity index (χ4v) is 5.72. The molecule has 0 spiro atoms. The number of carbonyl (C=O) groups excluding carboxylic acids is 1. The number of halogens is 1. The molecule has 3 heterocycles. The number of rotatable bonds is 9. The van der Waals surface area contributed by atoms with Crippen LogP contribution in [0.3, 0.4) is 0 Å². The van der Waals surface area contributed by atoms with Gasteiger partial charge in [0, 0.05) is 62.3 Å². The van der Waals surface area contributed by atoms with Crippen LogP contribution in [0.4, 0.5) is 15.8 Å². The first-order chi connectivity index (χ1) is 21.9. The van der Waals surface area contributed by atoms with Gasteiger partial charge in [-0.25, -0.2) is 14.4 Å². The first kappa shape index (κ1) is 32.1. The monoisotopic (exact) mass is 615 g/mol. The smallest absolute Gasteiger partial charge is 0.227 e. The van der Waals surface area contributed by atoms with Crippen molar-refractivity contribution in [2.45, 2.75) is 51.9 Å². The van der Waals surface area contributed by atoms with Crippen LogP contribution in [-0.2, 0) is 9.53 Å². The molecule has 2 aromatic carbocycles. The van der Waals surface area contributed by atoms with Crippen molar-refractivity contribution >= 4 is 35.7 Å². The number of alkyl halides is 1. The van der Waals surface area contributed by atoms with E-state index in [1.807, 2.05) is 32.0 Å². The Balaban J connectivity index is 1.30. The number of hydrogen-bond acceptors (Lipinski definition) is 7. The number of piperazine rings is 1. The number of nitrogens with one attached hydrogen (secondary N) is 1. The summed E-state index contributed by atoms with van der Waals surface area (Å²) in [5, 5.41) is 13.3. The van der Waals surface area contributed by atoms with Gasteiger partial charge in [-0.05, 0) is 68.3 Å². The maximum absolute atomic E-state index is 14.7. The van der Waals surface area contributed by atoms with Gasteiger partial charge in [0.2, 0.25) is 12.4 Å². The van der Waals surface area contributed by atoms with Crippen molar-refractivity contribution in [2.24, 2.45) is 9.98 Å². The maximum atomic E-state index is 14.7. The maximum Gasteiger partial charge on any atom is 0.227 e. The highest BCUT2D eigenvalue weighted by molar-refractivity contribution is 6.01. The summed E-state index contributed by atoms with van der Waals surface area (Å²) < 4.78 is 26.0. The third-order valence-corrected chi connectivity index (χ3v) is 8.66. The molecule has 0 radical (unpaired) electrons. The van der Waals surface area contributed by atoms with Crippen LogP contribution in [0, 0.1) is 11.3 Å². The normalized spacial score (nSPS) is 22.1. The third kappa shape index (κ3) is 7.88. The molecule has 1 amide bonds. The van der Waals surface area contributed by atoms with E-state index in [4.69, 9.17) is 14.5 Å². The van der Waals surface area contributed by atoms with Gasteiger partial charge in [0.05, 0.1) is 37.1 Å². The van der Waals surface area contributed by atoms with Gasteiger partial charge in [-0.15, -0.1) is 0 Å². The molecule has 10 nitrogen and oxygen atoms in total. The van der Waals surface area contributed by atoms with Gasteiger partial charge < -0.3 is 24.6 Å². The van der Waals surface area contributed by atoms with Gasteiger partial charge in [0.1, 0.15) is 17.9 Å². The minimum atomic E-state index is -1.33. The summed E-state index contributed by atoms with van der Waals surface area (Å²) in [6.07, 6.45) is 1.39. The summed E-state index contributed by atoms with van der Waals surface area (Å²) in [6, 6.07) is 16.3. The summed E-state index contributed by atoms with van der Waals surface area (Å²) in [5.41, 5.74) is 4.79. The van der Waals surface area contributed by atoms with Crippen LogP contribution in [0.2, 0.25) is 0 Å². The van der Waals surface area contributed by atoms with Crippen LogP contribution in [0.15, 0.2) is 58.0 Å². The number of amides is 1. The van der Waals surface area contributed by atoms with Crippen LogP contribution >= 0.6 is 0 Å². The predicted octanol–water partition coefficient (Wildman–Crippen LogP) is 4.73. The first-order valence-electron chi connectivity index (χ1n) is 15.7. The molecule has 3 aliphatic heterocycles. The Hall–Kier alpha value is -4.27. The molecule has 5 rings (SSSR count). The number of hydrogen-bond donors (Lipinski definition) is 1. The van der Waals surface area contributed by atoms with E-state index in [1.165, 1.54) is 10.6 Å². The molecular formula is C34H42FN7O3. The van der Waals surface area contributed by atoms with Crippen molar-refractivity contribution in [3.63, 3.8) is 0 Å². The molecule has 11 heteroatoms. The van der Waals surface area contributed by atoms with Crippen LogP contribution in [0.1, 0.15) is 44.7 Å². The number of ether oxygens (including phenoxy) is 2. The molecule has 0 aliphatic carbocycles. The number of benzene rings is 2. The second-order valence-corrected chi connectivity index (χ2v) is 11.6. The first-order valence-corrected chi connectivity index (χ1v) is 15.7. The third-order valence-electron chi connectivity index (χ3n) is 8.66. The standard InChI is InChI=1S/C34H42FN7O3/c1-4-24(3)33(25-6-11-31(26(18-25)19-36)45-32-12-13-40(23-43)20-30(32)35)39-34(37-5-2)38-27-7-9-28(10-8-27)41-14-16-42(17-15-41)29-21-44-22-29/h5-11,18,23,29-30,32H,4,12-17,20-22H2,1-3H3,(H,38,39)/b33-24+,37-5-. The SMILES string of the molecule is C\C=N/C(=N/C(=C(\C)CC)c1ccc(OC2CCN(C=O)CC2F)c(C#N)c1)Nc1ccc(N2CCN(C3COC3)CC2)cc1. The number of guanidine groups is 1. The van der Waals surface area contributed by atoms with Gasteiger partial charge in [0.15, 0.2) is 6.17 Å². The van der Waals surface area contributed by atoms with Crippen molar-refractivity contribution in [1.82, 2.24) is 9.80 Å². The molecule has 2 atom stereocenters. The molecule has 2 aromatic rings. The zero-order valence-electron chi connectivity index (χ0n) is 26.3. The predicted molar refractivity (Wildman–Crippen MR) is 176 cm³/mol. The molecule has 3 saturated heterocycles. The molecule has 0 saturated carbocycles. The van der Waals surface area contributed by atoms with E-state index in [0.29, 0.717) is 48.4 Å². The summed E-state index contributed by atoms with van der Waals surface area (Å²) in [4.78, 5) is 26.8. The molecule has 238 valence electrons. The van der Waals surface area contributed by atoms with Crippen molar-refractivity contribution in [3.8, 4) is 11.8 Å². The summed E-state index contributed by atoms with van der Waals surface area (Å²) in [5.74, 6) is 0.736. The highest BCUT2D eigenvalue weighted by Gasteiger charge is 2.31. The van der Waals surface area contributed by atoms with Crippen LogP contribution in [-0.4, -0.2) is 99.2 Å². The molecular weight excluding hydrogens is 573 g/mol. The Morgan fingerprint density at radius 1 is 1.16 bits per heavy atom. The van der Waals surface area contributed by atoms with Gasteiger partial charge in [-0.1, -0.05) is 6.92 Å². The number of likely N-dealkylation sites (tertiary alicyclic amines) is 1. The number of aliphatic imine (C=N–C) groups is 2. The van der Waals surface area contributed by atoms with Crippen LogP contribution in [0.5, 0.6) is 5.75 Å². The summed E-state index contributed by atoms with van der Waals surface area (Å²) in [7, 11) is 0. The van der Waals surface area contributed by atoms with E-state index < -0.39 is 12.3 Å². The highest BCUT2D eigenvalue weighted by atomic mass is 19.1. The molecule has 0 aromatic heterocycles. The van der Waals surface area contributed by atoms with Crippen molar-refractivity contribution in [1.29, 1.82) is 5.26 Å². The number of carbonyl (C=O) groups is 1. The fourth-order valence-electron chi connectivity index (χ4n) is 5.72. The number of nitriles is 1. The summed E-state index contributed by atoms with van der Waals surface area (Å²) >= 11 is 0. The topological polar surface area (TPSA) is 106 Å². The number of nitrogens with zero attached hydrogens (tertiary/aromatic N) is 6. The lowest BCUT2D eigenvalue weighted by atomic mass is 10.0. The lowest BCUT2D eigenvalue weighted by molar-refractivity contribution is -0.121. The average molecular weight is 616 g/mol. The molecule has 3 fully saturated rings. The highest BCUT2D eigenvalue weighted by Crippen LogP contribution is 2.30. The Labute approximate surface area is 264 Å². The van der Waals surface area contributed by atoms with E-state index in [-0.39, 0.29) is 6.54 Å². The largest absolute Gasteiger partial charge is 0.486 e. The van der Waals surface area contributed by atoms with Crippen molar-refractivity contribution in [3.05, 3.63) is 59.2 Å². The Kier molecular flexibility index (Phi) is 10.8. The van der Waals surface area contributed by atoms with E-state index in [2.05, 4.69) is 45.2 Å². The number of anilines is 2. The lowest BCUT2D eigenvalue weighted by Gasteiger charge is -2.43. The zero-order valence-corrected chi connectivity index (χ0v) is 26.3. The summed E-state index contributed by atoms with van der Waals surface area (Å²) in [6.45, 7) is 12.0. The molecule has 3 aliphatic rings. The van der Waals surface area contributed by atoms with Crippen molar-refractivity contribution in [2.75, 3.05) is 62.7 Å². The average Bonchev–Trinajstić information content (AvgIpc) is 3.04. The van der Waals surface area contributed by atoms with Crippen molar-refractivity contribution < 1.29 is 18.7 Å². The van der Waals surface area contributed by atoms with E-state index in [9.17, 15) is 14.4 Å². The van der Waals surface area contributed by atoms with E-state index >= 15 is 0 Å². The van der Waals surface area contributed by atoms with Gasteiger partial charge >= 0.3 is 0 Å². The van der Waals surface area contributed by atoms with Gasteiger partial charge in [-0.2, -0.15) is 5.26 Å². The second-order valence-electron chi connectivity index (χ2n) is 11.6. The molecule has 45 heavy (non-hydrogen) atoms. The number of allylic oxidation sites excluding steroid dienone is 1. The van der Waals surface area contributed by atoms with Crippen LogP contribution in [0.25, 0.3) is 5.70 Å². The number of piperidine rings is 1. The minimum absolute atomic E-state index is 0.0184. The van der Waals surface area contributed by atoms with E-state index in [1.54, 1.807) is 18.3 Å². The Morgan fingerprint density at radius 2 is 1.91 bits per heavy atom. The van der Waals surface area contributed by atoms with E-state index in [0.717, 1.165) is 62.6 Å². The Morgan fingerprint density at radius 3 is 2.51 bits per heavy atom. The molecule has 0 bridgehead atoms. The molecule has 1 N–H and O–H groups in total. The zero-order chi connectivity index (χ0) is 31.8. The van der Waals surface area contributed by atoms with Crippen LogP contribution < -0.4 is 15.0 Å². The minimum Gasteiger partial charge on any atom is -0.486 e. The quantitative estimate of drug-likeness (QED) is 0.247. The van der Waals surface area contributed by atoms with Gasteiger partial charge in [0.25, 0.3) is 0 Å². The Bertz CT molecular complexity index is 1460. The van der Waals surface area contributed by atoms with Gasteiger partial charge in [-0.3, -0.25) is 9.69 Å².